The number of rotatable bonds is 3. The van der Waals surface area contributed by atoms with Gasteiger partial charge >= 0.3 is 0 Å². The van der Waals surface area contributed by atoms with Crippen molar-refractivity contribution in [3.8, 4) is 34.3 Å². The number of hydrogen-bond acceptors (Lipinski definition) is 5. The molecule has 3 aromatic rings. The van der Waals surface area contributed by atoms with Crippen molar-refractivity contribution in [3.05, 3.63) is 78.1 Å². The Hall–Kier alpha value is -3.91. The Morgan fingerprint density at radius 2 is 2.00 bits per heavy atom. The van der Waals surface area contributed by atoms with Crippen LogP contribution in [0.15, 0.2) is 67.0 Å². The molecular formula is C22H16N4O. The summed E-state index contributed by atoms with van der Waals surface area (Å²) in [5.41, 5.74) is 5.84. The minimum Gasteiger partial charge on any atom is -0.481 e. The lowest BCUT2D eigenvalue weighted by Crippen LogP contribution is -2.06. The lowest BCUT2D eigenvalue weighted by Gasteiger charge is -2.18. The van der Waals surface area contributed by atoms with Gasteiger partial charge in [-0.25, -0.2) is 9.97 Å². The number of benzene rings is 1. The van der Waals surface area contributed by atoms with Crippen LogP contribution >= 0.6 is 0 Å². The molecule has 4 rings (SSSR count). The molecule has 0 aliphatic carbocycles. The van der Waals surface area contributed by atoms with E-state index in [1.807, 2.05) is 42.5 Å². The van der Waals surface area contributed by atoms with Crippen molar-refractivity contribution < 1.29 is 4.74 Å². The Kier molecular flexibility index (Phi) is 4.15. The summed E-state index contributed by atoms with van der Waals surface area (Å²) in [6, 6.07) is 15.5. The van der Waals surface area contributed by atoms with Gasteiger partial charge in [-0.2, -0.15) is 5.26 Å². The normalized spacial score (nSPS) is 12.1. The van der Waals surface area contributed by atoms with Crippen LogP contribution in [0.4, 0.5) is 5.82 Å². The molecule has 0 atom stereocenters. The maximum Gasteiger partial charge on any atom is 0.213 e. The Morgan fingerprint density at radius 3 is 2.81 bits per heavy atom. The van der Waals surface area contributed by atoms with Crippen molar-refractivity contribution in [1.29, 1.82) is 5.26 Å². The number of allylic oxidation sites excluding steroid dienone is 1. The van der Waals surface area contributed by atoms with Crippen molar-refractivity contribution in [2.45, 2.75) is 0 Å². The maximum absolute atomic E-state index is 9.26. The standard InChI is InChI=1S/C22H16N4O/c1-14-6-7-18-11-19(16-8-9-24-20(12-16)27-2)21(26-22(18)25-14)17-5-3-4-15(10-17)13-23/h3-12H,1H2,2H3,(H,25,26). The zero-order valence-electron chi connectivity index (χ0n) is 14.7. The van der Waals surface area contributed by atoms with Gasteiger partial charge in [0.2, 0.25) is 5.88 Å². The first kappa shape index (κ1) is 16.6. The molecule has 3 heterocycles. The van der Waals surface area contributed by atoms with Gasteiger partial charge in [-0.1, -0.05) is 18.7 Å². The van der Waals surface area contributed by atoms with E-state index in [-0.39, 0.29) is 0 Å². The number of ether oxygens (including phenoxy) is 1. The molecule has 0 saturated carbocycles. The van der Waals surface area contributed by atoms with E-state index in [0.717, 1.165) is 39.5 Å². The Morgan fingerprint density at radius 1 is 1.11 bits per heavy atom. The second kappa shape index (κ2) is 6.77. The molecule has 27 heavy (non-hydrogen) atoms. The highest BCUT2D eigenvalue weighted by atomic mass is 16.5. The summed E-state index contributed by atoms with van der Waals surface area (Å²) in [5.74, 6) is 1.27. The molecule has 0 fully saturated rings. The van der Waals surface area contributed by atoms with E-state index in [1.165, 1.54) is 0 Å². The van der Waals surface area contributed by atoms with Gasteiger partial charge in [0.25, 0.3) is 0 Å². The van der Waals surface area contributed by atoms with Crippen molar-refractivity contribution in [1.82, 2.24) is 9.97 Å². The number of hydrogen-bond donors (Lipinski definition) is 1. The quantitative estimate of drug-likeness (QED) is 0.743. The minimum absolute atomic E-state index is 0.531. The Labute approximate surface area is 157 Å². The van der Waals surface area contributed by atoms with Crippen LogP contribution < -0.4 is 10.1 Å². The third-order valence-corrected chi connectivity index (χ3v) is 4.32. The molecule has 0 spiro atoms. The molecule has 0 amide bonds. The van der Waals surface area contributed by atoms with Gasteiger partial charge < -0.3 is 10.1 Å². The summed E-state index contributed by atoms with van der Waals surface area (Å²) < 4.78 is 5.27. The average Bonchev–Trinajstić information content (AvgIpc) is 2.72. The molecule has 5 heteroatoms. The van der Waals surface area contributed by atoms with E-state index in [1.54, 1.807) is 19.4 Å². The number of methoxy groups -OCH3 is 1. The third kappa shape index (κ3) is 3.16. The highest BCUT2D eigenvalue weighted by Gasteiger charge is 2.17. The molecule has 0 radical (unpaired) electrons. The maximum atomic E-state index is 9.26. The molecule has 5 nitrogen and oxygen atoms in total. The van der Waals surface area contributed by atoms with Crippen molar-refractivity contribution >= 4 is 11.9 Å². The monoisotopic (exact) mass is 352 g/mol. The van der Waals surface area contributed by atoms with Gasteiger partial charge in [-0.05, 0) is 42.0 Å². The van der Waals surface area contributed by atoms with Crippen LogP contribution in [0.1, 0.15) is 11.1 Å². The second-order valence-electron chi connectivity index (χ2n) is 6.09. The lowest BCUT2D eigenvalue weighted by atomic mass is 9.96. The van der Waals surface area contributed by atoms with Crippen LogP contribution in [0.5, 0.6) is 5.88 Å². The number of nitrogens with one attached hydrogen (secondary N) is 1. The summed E-state index contributed by atoms with van der Waals surface area (Å²) in [6.45, 7) is 3.94. The SMILES string of the molecule is C=C1C=Cc2cc(-c3ccnc(OC)c3)c(-c3cccc(C#N)c3)nc2N1. The number of fused-ring (bicyclic) bond motifs is 1. The van der Waals surface area contributed by atoms with E-state index in [0.29, 0.717) is 11.4 Å². The highest BCUT2D eigenvalue weighted by Crippen LogP contribution is 2.36. The zero-order valence-corrected chi connectivity index (χ0v) is 14.7. The fourth-order valence-electron chi connectivity index (χ4n) is 3.00. The summed E-state index contributed by atoms with van der Waals surface area (Å²) in [6.07, 6.45) is 5.61. The van der Waals surface area contributed by atoms with Crippen LogP contribution in [0.3, 0.4) is 0 Å². The fraction of sp³-hybridized carbons (Fsp3) is 0.0455. The Balaban J connectivity index is 1.97. The Bertz CT molecular complexity index is 1130. The van der Waals surface area contributed by atoms with Crippen LogP contribution in [-0.2, 0) is 0 Å². The number of aromatic nitrogens is 2. The van der Waals surface area contributed by atoms with E-state index in [9.17, 15) is 5.26 Å². The second-order valence-corrected chi connectivity index (χ2v) is 6.09. The molecule has 1 N–H and O–H groups in total. The van der Waals surface area contributed by atoms with Crippen LogP contribution in [-0.4, -0.2) is 17.1 Å². The molecule has 1 aromatic carbocycles. The largest absolute Gasteiger partial charge is 0.481 e. The van der Waals surface area contributed by atoms with Gasteiger partial charge in [-0.15, -0.1) is 0 Å². The zero-order chi connectivity index (χ0) is 18.8. The minimum atomic E-state index is 0.531. The van der Waals surface area contributed by atoms with E-state index >= 15 is 0 Å². The number of nitrogens with zero attached hydrogens (tertiary/aromatic N) is 3. The molecule has 0 saturated heterocycles. The molecule has 0 unspecified atom stereocenters. The average molecular weight is 352 g/mol. The molecular weight excluding hydrogens is 336 g/mol. The first-order chi connectivity index (χ1) is 13.2. The summed E-state index contributed by atoms with van der Waals surface area (Å²) >= 11 is 0. The number of anilines is 1. The van der Waals surface area contributed by atoms with E-state index in [2.05, 4.69) is 29.0 Å². The topological polar surface area (TPSA) is 70.8 Å². The lowest BCUT2D eigenvalue weighted by molar-refractivity contribution is 0.398. The smallest absolute Gasteiger partial charge is 0.213 e. The van der Waals surface area contributed by atoms with Gasteiger partial charge in [-0.3, -0.25) is 0 Å². The predicted octanol–water partition coefficient (Wildman–Crippen LogP) is 4.64. The molecule has 130 valence electrons. The summed E-state index contributed by atoms with van der Waals surface area (Å²) in [7, 11) is 1.59. The first-order valence-electron chi connectivity index (χ1n) is 8.38. The fourth-order valence-corrected chi connectivity index (χ4v) is 3.00. The molecule has 1 aliphatic rings. The van der Waals surface area contributed by atoms with Gasteiger partial charge in [0.15, 0.2) is 0 Å². The van der Waals surface area contributed by atoms with Crippen LogP contribution in [0.2, 0.25) is 0 Å². The summed E-state index contributed by atoms with van der Waals surface area (Å²) in [4.78, 5) is 9.03. The van der Waals surface area contributed by atoms with Crippen molar-refractivity contribution in [3.63, 3.8) is 0 Å². The van der Waals surface area contributed by atoms with Crippen LogP contribution in [0.25, 0.3) is 28.5 Å². The van der Waals surface area contributed by atoms with Gasteiger partial charge in [0, 0.05) is 34.7 Å². The molecule has 0 bridgehead atoms. The first-order valence-corrected chi connectivity index (χ1v) is 8.38. The van der Waals surface area contributed by atoms with Crippen molar-refractivity contribution in [2.75, 3.05) is 12.4 Å². The van der Waals surface area contributed by atoms with Gasteiger partial charge in [0.05, 0.1) is 24.4 Å². The van der Waals surface area contributed by atoms with Crippen LogP contribution in [0, 0.1) is 11.3 Å². The van der Waals surface area contributed by atoms with E-state index in [4.69, 9.17) is 9.72 Å². The van der Waals surface area contributed by atoms with E-state index < -0.39 is 0 Å². The summed E-state index contributed by atoms with van der Waals surface area (Å²) in [5, 5.41) is 12.5. The number of nitriles is 1. The molecule has 2 aromatic heterocycles. The van der Waals surface area contributed by atoms with Gasteiger partial charge in [0.1, 0.15) is 5.82 Å². The van der Waals surface area contributed by atoms with Crippen molar-refractivity contribution in [2.24, 2.45) is 0 Å². The number of pyridine rings is 2. The predicted molar refractivity (Wildman–Crippen MR) is 106 cm³/mol. The highest BCUT2D eigenvalue weighted by molar-refractivity contribution is 5.87. The third-order valence-electron chi connectivity index (χ3n) is 4.32. The molecule has 1 aliphatic heterocycles.